The molecular formula is C22H21N5O2. The number of aryl methyl sites for hydroxylation is 1. The van der Waals surface area contributed by atoms with Gasteiger partial charge in [0.05, 0.1) is 11.0 Å². The molecule has 7 nitrogen and oxygen atoms in total. The fourth-order valence-corrected chi connectivity index (χ4v) is 4.52. The fraction of sp³-hybridized carbons (Fsp3) is 0.318. The van der Waals surface area contributed by atoms with E-state index in [0.717, 1.165) is 24.0 Å². The molecule has 1 aromatic carbocycles. The molecule has 1 spiro atoms. The summed E-state index contributed by atoms with van der Waals surface area (Å²) in [7, 11) is 0. The van der Waals surface area contributed by atoms with Gasteiger partial charge in [0, 0.05) is 37.6 Å². The van der Waals surface area contributed by atoms with Crippen molar-refractivity contribution in [2.45, 2.75) is 31.7 Å². The maximum absolute atomic E-state index is 13.0. The molecule has 1 unspecified atom stereocenters. The van der Waals surface area contributed by atoms with Gasteiger partial charge in [-0.15, -0.1) is 10.2 Å². The molecule has 146 valence electrons. The lowest BCUT2D eigenvalue weighted by molar-refractivity contribution is 0.0782. The number of aromatic nitrogens is 4. The molecule has 0 aliphatic carbocycles. The van der Waals surface area contributed by atoms with E-state index in [1.807, 2.05) is 48.2 Å². The van der Waals surface area contributed by atoms with Crippen molar-refractivity contribution in [2.75, 3.05) is 13.1 Å². The predicted octanol–water partition coefficient (Wildman–Crippen LogP) is 2.20. The summed E-state index contributed by atoms with van der Waals surface area (Å²) in [5, 5.41) is 8.76. The summed E-state index contributed by atoms with van der Waals surface area (Å²) in [5.41, 5.74) is 2.31. The van der Waals surface area contributed by atoms with Gasteiger partial charge < -0.3 is 4.90 Å². The van der Waals surface area contributed by atoms with Crippen LogP contribution in [0.1, 0.15) is 34.6 Å². The molecule has 29 heavy (non-hydrogen) atoms. The average Bonchev–Trinajstić information content (AvgIpc) is 3.34. The summed E-state index contributed by atoms with van der Waals surface area (Å²) < 4.78 is 1.75. The van der Waals surface area contributed by atoms with Gasteiger partial charge in [-0.05, 0) is 31.4 Å². The van der Waals surface area contributed by atoms with E-state index in [1.165, 1.54) is 0 Å². The molecule has 2 aromatic heterocycles. The molecule has 2 aliphatic rings. The lowest BCUT2D eigenvalue weighted by Crippen LogP contribution is -2.35. The molecule has 0 N–H and O–H groups in total. The van der Waals surface area contributed by atoms with Crippen LogP contribution in [-0.2, 0) is 12.0 Å². The van der Waals surface area contributed by atoms with Crippen molar-refractivity contribution in [1.82, 2.24) is 24.6 Å². The number of pyridine rings is 1. The molecule has 0 saturated carbocycles. The van der Waals surface area contributed by atoms with Crippen LogP contribution in [0.4, 0.5) is 0 Å². The van der Waals surface area contributed by atoms with Gasteiger partial charge in [0.2, 0.25) is 0 Å². The molecule has 5 rings (SSSR count). The van der Waals surface area contributed by atoms with E-state index in [0.29, 0.717) is 36.7 Å². The van der Waals surface area contributed by atoms with Crippen LogP contribution in [0, 0.1) is 6.92 Å². The number of carbonyl (C=O) groups excluding carboxylic acids is 1. The van der Waals surface area contributed by atoms with Crippen LogP contribution >= 0.6 is 0 Å². The highest BCUT2D eigenvalue weighted by molar-refractivity contribution is 5.94. The van der Waals surface area contributed by atoms with E-state index in [9.17, 15) is 9.59 Å². The van der Waals surface area contributed by atoms with Crippen molar-refractivity contribution in [3.8, 4) is 11.3 Å². The smallest absolute Gasteiger partial charge is 0.280 e. The first-order valence-electron chi connectivity index (χ1n) is 9.82. The number of nitrogens with zero attached hydrogens (tertiary/aromatic N) is 5. The molecular weight excluding hydrogens is 366 g/mol. The number of hydrogen-bond donors (Lipinski definition) is 0. The van der Waals surface area contributed by atoms with Gasteiger partial charge in [0.1, 0.15) is 5.82 Å². The summed E-state index contributed by atoms with van der Waals surface area (Å²) in [6.45, 7) is 3.73. The molecule has 1 saturated heterocycles. The van der Waals surface area contributed by atoms with Gasteiger partial charge >= 0.3 is 0 Å². The highest BCUT2D eigenvalue weighted by atomic mass is 16.2. The van der Waals surface area contributed by atoms with Crippen LogP contribution in [0.5, 0.6) is 0 Å². The van der Waals surface area contributed by atoms with Gasteiger partial charge in [-0.2, -0.15) is 0 Å². The minimum absolute atomic E-state index is 0.0206. The summed E-state index contributed by atoms with van der Waals surface area (Å²) >= 11 is 0. The third kappa shape index (κ3) is 2.85. The number of likely N-dealkylation sites (tertiary alicyclic amines) is 1. The summed E-state index contributed by atoms with van der Waals surface area (Å²) in [6, 6.07) is 11.3. The SMILES string of the molecule is Cc1cncc(C(=O)N2CCC3(CCn4c3nnc(-c3ccccc3)c4=O)C2)c1. The Labute approximate surface area is 168 Å². The third-order valence-corrected chi connectivity index (χ3v) is 6.05. The Morgan fingerprint density at radius 2 is 1.86 bits per heavy atom. The molecule has 0 radical (unpaired) electrons. The first kappa shape index (κ1) is 17.7. The molecule has 3 aromatic rings. The normalized spacial score (nSPS) is 20.2. The van der Waals surface area contributed by atoms with Crippen molar-refractivity contribution >= 4 is 5.91 Å². The standard InChI is InChI=1S/C22H21N5O2/c1-15-11-17(13-23-12-15)19(28)26-9-7-22(14-26)8-10-27-20(29)18(24-25-21(22)27)16-5-3-2-4-6-16/h2-6,11-13H,7-10,14H2,1H3. The Balaban J connectivity index is 1.46. The van der Waals surface area contributed by atoms with Crippen molar-refractivity contribution in [3.05, 3.63) is 76.1 Å². The minimum Gasteiger partial charge on any atom is -0.338 e. The number of benzene rings is 1. The van der Waals surface area contributed by atoms with Gasteiger partial charge in [-0.25, -0.2) is 0 Å². The fourth-order valence-electron chi connectivity index (χ4n) is 4.52. The van der Waals surface area contributed by atoms with Crippen LogP contribution in [-0.4, -0.2) is 43.6 Å². The van der Waals surface area contributed by atoms with Crippen molar-refractivity contribution in [1.29, 1.82) is 0 Å². The number of fused-ring (bicyclic) bond motifs is 2. The van der Waals surface area contributed by atoms with Crippen LogP contribution in [0.15, 0.2) is 53.6 Å². The third-order valence-electron chi connectivity index (χ3n) is 6.05. The highest BCUT2D eigenvalue weighted by Crippen LogP contribution is 2.41. The largest absolute Gasteiger partial charge is 0.338 e. The summed E-state index contributed by atoms with van der Waals surface area (Å²) in [5.74, 6) is 0.688. The van der Waals surface area contributed by atoms with Crippen molar-refractivity contribution in [2.24, 2.45) is 0 Å². The number of hydrogen-bond acceptors (Lipinski definition) is 5. The van der Waals surface area contributed by atoms with Crippen molar-refractivity contribution < 1.29 is 4.79 Å². The van der Waals surface area contributed by atoms with Crippen LogP contribution in [0.2, 0.25) is 0 Å². The van der Waals surface area contributed by atoms with Gasteiger partial charge in [-0.1, -0.05) is 30.3 Å². The van der Waals surface area contributed by atoms with Crippen LogP contribution in [0.3, 0.4) is 0 Å². The Kier molecular flexibility index (Phi) is 4.04. The topological polar surface area (TPSA) is 81.0 Å². The molecule has 1 amide bonds. The van der Waals surface area contributed by atoms with E-state index >= 15 is 0 Å². The zero-order valence-electron chi connectivity index (χ0n) is 16.2. The molecule has 1 atom stereocenters. The molecule has 1 fully saturated rings. The summed E-state index contributed by atoms with van der Waals surface area (Å²) in [6.07, 6.45) is 4.93. The monoisotopic (exact) mass is 387 g/mol. The zero-order chi connectivity index (χ0) is 20.0. The molecule has 7 heteroatoms. The number of amides is 1. The van der Waals surface area contributed by atoms with Gasteiger partial charge in [0.25, 0.3) is 11.5 Å². The van der Waals surface area contributed by atoms with E-state index in [1.54, 1.807) is 17.0 Å². The van der Waals surface area contributed by atoms with E-state index < -0.39 is 0 Å². The zero-order valence-corrected chi connectivity index (χ0v) is 16.2. The summed E-state index contributed by atoms with van der Waals surface area (Å²) in [4.78, 5) is 32.0. The number of carbonyl (C=O) groups is 1. The van der Waals surface area contributed by atoms with Gasteiger partial charge in [0.15, 0.2) is 5.69 Å². The average molecular weight is 387 g/mol. The first-order chi connectivity index (χ1) is 14.1. The maximum atomic E-state index is 13.0. The molecule has 0 bridgehead atoms. The second-order valence-corrected chi connectivity index (χ2v) is 7.95. The van der Waals surface area contributed by atoms with E-state index in [4.69, 9.17) is 0 Å². The predicted molar refractivity (Wildman–Crippen MR) is 108 cm³/mol. The molecule has 2 aliphatic heterocycles. The highest BCUT2D eigenvalue weighted by Gasteiger charge is 2.48. The molecule has 4 heterocycles. The maximum Gasteiger partial charge on any atom is 0.280 e. The van der Waals surface area contributed by atoms with Crippen LogP contribution < -0.4 is 5.56 Å². The Morgan fingerprint density at radius 1 is 1.07 bits per heavy atom. The first-order valence-corrected chi connectivity index (χ1v) is 9.82. The van der Waals surface area contributed by atoms with E-state index in [2.05, 4.69) is 15.2 Å². The Bertz CT molecular complexity index is 1160. The quantitative estimate of drug-likeness (QED) is 0.673. The van der Waals surface area contributed by atoms with Crippen molar-refractivity contribution in [3.63, 3.8) is 0 Å². The lowest BCUT2D eigenvalue weighted by atomic mass is 9.85. The second-order valence-electron chi connectivity index (χ2n) is 7.95. The van der Waals surface area contributed by atoms with E-state index in [-0.39, 0.29) is 16.9 Å². The Hall–Kier alpha value is -3.35. The minimum atomic E-state index is -0.297. The second kappa shape index (κ2) is 6.62. The lowest BCUT2D eigenvalue weighted by Gasteiger charge is -2.23. The number of rotatable bonds is 2. The van der Waals surface area contributed by atoms with Crippen LogP contribution in [0.25, 0.3) is 11.3 Å². The van der Waals surface area contributed by atoms with Gasteiger partial charge in [-0.3, -0.25) is 19.1 Å². The Morgan fingerprint density at radius 3 is 2.66 bits per heavy atom.